The molecule has 7 nitrogen and oxygen atoms in total. The smallest absolute Gasteiger partial charge is 0.312 e. The molecule has 174 valence electrons. The average Bonchev–Trinajstić information content (AvgIpc) is 3.18. The zero-order valence-corrected chi connectivity index (χ0v) is 18.7. The highest BCUT2D eigenvalue weighted by atomic mass is 16.5. The monoisotopic (exact) mass is 468 g/mol. The van der Waals surface area contributed by atoms with Gasteiger partial charge >= 0.3 is 5.97 Å². The first-order valence-corrected chi connectivity index (χ1v) is 11.1. The molecule has 7 heteroatoms. The normalized spacial score (nSPS) is 19.1. The van der Waals surface area contributed by atoms with Crippen LogP contribution in [0.1, 0.15) is 39.4 Å². The molecule has 3 aromatic rings. The van der Waals surface area contributed by atoms with Crippen LogP contribution in [-0.2, 0) is 4.79 Å². The van der Waals surface area contributed by atoms with Crippen molar-refractivity contribution in [1.82, 2.24) is 0 Å². The van der Waals surface area contributed by atoms with Crippen molar-refractivity contribution in [3.63, 3.8) is 0 Å². The molecule has 0 aliphatic carbocycles. The summed E-state index contributed by atoms with van der Waals surface area (Å²) in [5, 5.41) is 10.1. The lowest BCUT2D eigenvalue weighted by Crippen LogP contribution is -2.24. The average molecular weight is 468 g/mol. The highest BCUT2D eigenvalue weighted by molar-refractivity contribution is 6.15. The van der Waals surface area contributed by atoms with Crippen LogP contribution in [0.2, 0.25) is 0 Å². The lowest BCUT2D eigenvalue weighted by Gasteiger charge is -2.29. The van der Waals surface area contributed by atoms with E-state index in [2.05, 4.69) is 0 Å². The maximum atomic E-state index is 13.2. The van der Waals surface area contributed by atoms with Gasteiger partial charge in [-0.25, -0.2) is 0 Å². The summed E-state index contributed by atoms with van der Waals surface area (Å²) in [5.41, 5.74) is 3.47. The van der Waals surface area contributed by atoms with E-state index in [-0.39, 0.29) is 35.6 Å². The Morgan fingerprint density at radius 1 is 1.03 bits per heavy atom. The molecule has 0 fully saturated rings. The molecule has 1 atom stereocenters. The predicted molar refractivity (Wildman–Crippen MR) is 127 cm³/mol. The number of aromatic hydroxyl groups is 1. The Bertz CT molecular complexity index is 1460. The molecule has 35 heavy (non-hydrogen) atoms. The Morgan fingerprint density at radius 2 is 1.89 bits per heavy atom. The molecule has 3 aliphatic rings. The number of ether oxygens (including phenoxy) is 4. The number of phenols is 1. The Balaban J connectivity index is 1.42. The molecule has 0 saturated carbocycles. The number of para-hydroxylation sites is 1. The molecule has 0 bridgehead atoms. The van der Waals surface area contributed by atoms with E-state index in [1.807, 2.05) is 30.3 Å². The minimum absolute atomic E-state index is 0.0429. The van der Waals surface area contributed by atoms with Crippen LogP contribution in [0.4, 0.5) is 0 Å². The first-order valence-electron chi connectivity index (χ1n) is 11.1. The zero-order chi connectivity index (χ0) is 24.1. The lowest BCUT2D eigenvalue weighted by atomic mass is 9.83. The van der Waals surface area contributed by atoms with Gasteiger partial charge in [0.1, 0.15) is 23.9 Å². The number of allylic oxidation sites excluding steroid dienone is 1. The third-order valence-electron chi connectivity index (χ3n) is 6.38. The molecule has 0 unspecified atom stereocenters. The third-order valence-corrected chi connectivity index (χ3v) is 6.38. The van der Waals surface area contributed by atoms with Crippen LogP contribution in [-0.4, -0.2) is 30.6 Å². The molecule has 0 amide bonds. The molecule has 0 aromatic heterocycles. The maximum absolute atomic E-state index is 13.2. The third kappa shape index (κ3) is 3.52. The summed E-state index contributed by atoms with van der Waals surface area (Å²) < 4.78 is 22.6. The fourth-order valence-electron chi connectivity index (χ4n) is 4.71. The number of hydrogen-bond acceptors (Lipinski definition) is 7. The minimum Gasteiger partial charge on any atom is -0.504 e. The molecule has 3 aromatic carbocycles. The summed E-state index contributed by atoms with van der Waals surface area (Å²) in [6.07, 6.45) is 3.71. The largest absolute Gasteiger partial charge is 0.504 e. The van der Waals surface area contributed by atoms with Crippen molar-refractivity contribution in [2.45, 2.75) is 12.3 Å². The topological polar surface area (TPSA) is 91.3 Å². The molecule has 1 N–H and O–H groups in total. The number of carbonyl (C=O) groups excluding carboxylic acids is 2. The highest BCUT2D eigenvalue weighted by Gasteiger charge is 2.39. The molecular formula is C28H20O7. The van der Waals surface area contributed by atoms with Gasteiger partial charge in [-0.1, -0.05) is 24.3 Å². The SMILES string of the molecule is COc1ccc(/C=C2\Oc3c(ccc4c3[C@@H](C3=Cc5ccccc5OC3)CC(=O)O4)C2=O)cc1O. The molecule has 6 rings (SSSR count). The van der Waals surface area contributed by atoms with Crippen LogP contribution in [0.15, 0.2) is 65.9 Å². The molecule has 3 heterocycles. The number of Topliss-reactive ketones (excluding diaryl/α,β-unsaturated/α-hetero) is 1. The van der Waals surface area contributed by atoms with Crippen molar-refractivity contribution in [3.8, 4) is 28.7 Å². The quantitative estimate of drug-likeness (QED) is 0.333. The van der Waals surface area contributed by atoms with Crippen molar-refractivity contribution < 1.29 is 33.6 Å². The van der Waals surface area contributed by atoms with Crippen LogP contribution < -0.4 is 18.9 Å². The number of phenolic OH excluding ortho intramolecular Hbond substituents is 1. The Labute approximate surface area is 200 Å². The predicted octanol–water partition coefficient (Wildman–Crippen LogP) is 4.89. The summed E-state index contributed by atoms with van der Waals surface area (Å²) in [6.45, 7) is 0.319. The fourth-order valence-corrected chi connectivity index (χ4v) is 4.71. The second-order valence-corrected chi connectivity index (χ2v) is 8.50. The van der Waals surface area contributed by atoms with E-state index in [4.69, 9.17) is 18.9 Å². The first-order chi connectivity index (χ1) is 17.0. The summed E-state index contributed by atoms with van der Waals surface area (Å²) >= 11 is 0. The number of methoxy groups -OCH3 is 1. The van der Waals surface area contributed by atoms with Crippen LogP contribution >= 0.6 is 0 Å². The Hall–Kier alpha value is -4.52. The van der Waals surface area contributed by atoms with Gasteiger partial charge in [0.05, 0.1) is 19.1 Å². The van der Waals surface area contributed by atoms with Crippen LogP contribution in [0.3, 0.4) is 0 Å². The Kier molecular flexibility index (Phi) is 4.84. The van der Waals surface area contributed by atoms with Gasteiger partial charge in [0.2, 0.25) is 5.78 Å². The molecule has 0 spiro atoms. The second kappa shape index (κ2) is 8.06. The van der Waals surface area contributed by atoms with Crippen LogP contribution in [0, 0.1) is 0 Å². The van der Waals surface area contributed by atoms with E-state index in [9.17, 15) is 14.7 Å². The number of carbonyl (C=O) groups is 2. The van der Waals surface area contributed by atoms with Gasteiger partial charge in [-0.2, -0.15) is 0 Å². The van der Waals surface area contributed by atoms with Crippen molar-refractivity contribution in [3.05, 3.63) is 88.2 Å². The van der Waals surface area contributed by atoms with Crippen LogP contribution in [0.5, 0.6) is 28.7 Å². The fraction of sp³-hybridized carbons (Fsp3) is 0.143. The maximum Gasteiger partial charge on any atom is 0.312 e. The lowest BCUT2D eigenvalue weighted by molar-refractivity contribution is -0.135. The van der Waals surface area contributed by atoms with E-state index in [0.717, 1.165) is 16.9 Å². The number of esters is 1. The minimum atomic E-state index is -0.355. The molecule has 0 radical (unpaired) electrons. The Morgan fingerprint density at radius 3 is 2.71 bits per heavy atom. The van der Waals surface area contributed by atoms with Gasteiger partial charge in [-0.3, -0.25) is 9.59 Å². The van der Waals surface area contributed by atoms with Gasteiger partial charge < -0.3 is 24.1 Å². The molecule has 3 aliphatic heterocycles. The summed E-state index contributed by atoms with van der Waals surface area (Å²) in [7, 11) is 1.46. The number of rotatable bonds is 3. The highest BCUT2D eigenvalue weighted by Crippen LogP contribution is 2.50. The standard InChI is InChI=1S/C28H20O7/c1-32-22-8-6-15(10-20(22)29)11-24-27(31)18-7-9-23-26(28(18)35-24)19(13-25(30)34-23)17-12-16-4-2-3-5-21(16)33-14-17/h2-12,19,29H,13-14H2,1H3/b24-11-/t19-/m1/s1. The zero-order valence-electron chi connectivity index (χ0n) is 18.7. The number of ketones is 1. The van der Waals surface area contributed by atoms with Gasteiger partial charge in [-0.15, -0.1) is 0 Å². The number of benzene rings is 3. The van der Waals surface area contributed by atoms with E-state index in [0.29, 0.717) is 40.5 Å². The van der Waals surface area contributed by atoms with Crippen LogP contribution in [0.25, 0.3) is 12.2 Å². The molecular weight excluding hydrogens is 448 g/mol. The first kappa shape index (κ1) is 21.0. The summed E-state index contributed by atoms with van der Waals surface area (Å²) in [5.74, 6) is 0.960. The summed E-state index contributed by atoms with van der Waals surface area (Å²) in [4.78, 5) is 25.6. The van der Waals surface area contributed by atoms with E-state index in [1.54, 1.807) is 30.3 Å². The summed E-state index contributed by atoms with van der Waals surface area (Å²) in [6, 6.07) is 15.8. The van der Waals surface area contributed by atoms with Gasteiger partial charge in [0, 0.05) is 17.0 Å². The second-order valence-electron chi connectivity index (χ2n) is 8.50. The van der Waals surface area contributed by atoms with E-state index in [1.165, 1.54) is 13.2 Å². The van der Waals surface area contributed by atoms with E-state index < -0.39 is 0 Å². The van der Waals surface area contributed by atoms with E-state index >= 15 is 0 Å². The van der Waals surface area contributed by atoms with Gasteiger partial charge in [-0.05, 0) is 53.6 Å². The van der Waals surface area contributed by atoms with Crippen molar-refractivity contribution in [1.29, 1.82) is 0 Å². The number of fused-ring (bicyclic) bond motifs is 4. The van der Waals surface area contributed by atoms with Crippen molar-refractivity contribution in [2.75, 3.05) is 13.7 Å². The van der Waals surface area contributed by atoms with Crippen molar-refractivity contribution >= 4 is 23.9 Å². The van der Waals surface area contributed by atoms with Gasteiger partial charge in [0.25, 0.3) is 0 Å². The molecule has 0 saturated heterocycles. The van der Waals surface area contributed by atoms with Gasteiger partial charge in [0.15, 0.2) is 17.3 Å². The number of hydrogen-bond donors (Lipinski definition) is 1. The van der Waals surface area contributed by atoms with Crippen molar-refractivity contribution in [2.24, 2.45) is 0 Å².